The van der Waals surface area contributed by atoms with E-state index in [2.05, 4.69) is 20.5 Å². The number of rotatable bonds is 4. The van der Waals surface area contributed by atoms with Crippen LogP contribution in [0.15, 0.2) is 12.3 Å². The van der Waals surface area contributed by atoms with Crippen molar-refractivity contribution in [2.45, 2.75) is 27.2 Å². The fraction of sp³-hybridized carbons (Fsp3) is 0.286. The summed E-state index contributed by atoms with van der Waals surface area (Å²) in [7, 11) is 0. The molecule has 114 valence electrons. The van der Waals surface area contributed by atoms with Gasteiger partial charge in [0, 0.05) is 17.2 Å². The maximum Gasteiger partial charge on any atom is 0.250 e. The molecule has 6 nitrogen and oxygen atoms in total. The average molecular weight is 333 g/mol. The van der Waals surface area contributed by atoms with Gasteiger partial charge in [-0.3, -0.25) is 14.5 Å². The van der Waals surface area contributed by atoms with E-state index in [0.717, 1.165) is 27.8 Å². The molecular formula is C14H15N5OS2. The van der Waals surface area contributed by atoms with Crippen molar-refractivity contribution >= 4 is 44.7 Å². The van der Waals surface area contributed by atoms with Crippen LogP contribution in [0, 0.1) is 13.8 Å². The molecule has 0 aliphatic rings. The van der Waals surface area contributed by atoms with Crippen LogP contribution in [-0.2, 0) is 11.2 Å². The minimum atomic E-state index is -0.222. The van der Waals surface area contributed by atoms with E-state index >= 15 is 0 Å². The fourth-order valence-electron chi connectivity index (χ4n) is 2.03. The van der Waals surface area contributed by atoms with E-state index in [1.165, 1.54) is 22.3 Å². The van der Waals surface area contributed by atoms with E-state index in [4.69, 9.17) is 0 Å². The largest absolute Gasteiger partial charge is 0.297 e. The summed E-state index contributed by atoms with van der Waals surface area (Å²) in [4.78, 5) is 18.6. The van der Waals surface area contributed by atoms with Crippen LogP contribution < -0.4 is 5.32 Å². The molecule has 8 heteroatoms. The lowest BCUT2D eigenvalue weighted by atomic mass is 10.3. The Balaban J connectivity index is 1.77. The molecule has 3 rings (SSSR count). The molecule has 3 heterocycles. The fourth-order valence-corrected chi connectivity index (χ4v) is 3.59. The molecule has 0 aliphatic carbocycles. The van der Waals surface area contributed by atoms with E-state index in [0.29, 0.717) is 5.13 Å². The smallest absolute Gasteiger partial charge is 0.250 e. The first-order chi connectivity index (χ1) is 10.6. The monoisotopic (exact) mass is 333 g/mol. The Morgan fingerprint density at radius 3 is 2.91 bits per heavy atom. The van der Waals surface area contributed by atoms with Gasteiger partial charge in [-0.2, -0.15) is 0 Å². The third-order valence-electron chi connectivity index (χ3n) is 3.05. The van der Waals surface area contributed by atoms with Crippen LogP contribution >= 0.6 is 22.7 Å². The summed E-state index contributed by atoms with van der Waals surface area (Å²) in [6.45, 7) is 5.98. The molecule has 0 unspecified atom stereocenters. The number of hydrogen-bond donors (Lipinski definition) is 1. The molecule has 0 spiro atoms. The second-order valence-electron chi connectivity index (χ2n) is 4.75. The van der Waals surface area contributed by atoms with Crippen molar-refractivity contribution in [3.05, 3.63) is 33.5 Å². The second kappa shape index (κ2) is 5.98. The van der Waals surface area contributed by atoms with Crippen molar-refractivity contribution in [1.82, 2.24) is 19.6 Å². The zero-order valence-electron chi connectivity index (χ0n) is 12.5. The van der Waals surface area contributed by atoms with E-state index in [9.17, 15) is 4.79 Å². The SMILES string of the molecule is CCc1nnc(NC(=O)C=Cc2c(C)nc3sc(C)cn23)s1. The third-order valence-corrected chi connectivity index (χ3v) is 4.94. The standard InChI is InChI=1S/C14H15N5OS2/c1-4-12-17-18-13(22-12)16-11(20)6-5-10-9(3)15-14-19(10)7-8(2)21-14/h5-7H,4H2,1-3H3,(H,16,18,20). The summed E-state index contributed by atoms with van der Waals surface area (Å²) < 4.78 is 2.00. The Hall–Kier alpha value is -2.06. The first kappa shape index (κ1) is 14.9. The highest BCUT2D eigenvalue weighted by Crippen LogP contribution is 2.21. The van der Waals surface area contributed by atoms with Crippen molar-refractivity contribution in [3.63, 3.8) is 0 Å². The van der Waals surface area contributed by atoms with Crippen molar-refractivity contribution in [1.29, 1.82) is 0 Å². The summed E-state index contributed by atoms with van der Waals surface area (Å²) in [5.41, 5.74) is 1.82. The maximum absolute atomic E-state index is 12.0. The molecule has 3 aromatic rings. The van der Waals surface area contributed by atoms with Crippen molar-refractivity contribution in [2.75, 3.05) is 5.32 Å². The highest BCUT2D eigenvalue weighted by atomic mass is 32.1. The van der Waals surface area contributed by atoms with Crippen LogP contribution in [-0.4, -0.2) is 25.5 Å². The van der Waals surface area contributed by atoms with E-state index < -0.39 is 0 Å². The van der Waals surface area contributed by atoms with Gasteiger partial charge in [0.25, 0.3) is 0 Å². The van der Waals surface area contributed by atoms with Gasteiger partial charge < -0.3 is 0 Å². The normalized spacial score (nSPS) is 11.6. The summed E-state index contributed by atoms with van der Waals surface area (Å²) in [6, 6.07) is 0. The lowest BCUT2D eigenvalue weighted by Gasteiger charge is -1.95. The third kappa shape index (κ3) is 2.93. The molecule has 0 atom stereocenters. The number of carbonyl (C=O) groups excluding carboxylic acids is 1. The minimum absolute atomic E-state index is 0.222. The van der Waals surface area contributed by atoms with Crippen LogP contribution in [0.5, 0.6) is 0 Å². The number of aryl methyl sites for hydroxylation is 3. The number of fused-ring (bicyclic) bond motifs is 1. The topological polar surface area (TPSA) is 72.2 Å². The number of thiazole rings is 1. The van der Waals surface area contributed by atoms with Crippen molar-refractivity contribution in [3.8, 4) is 0 Å². The zero-order valence-corrected chi connectivity index (χ0v) is 14.1. The molecule has 0 bridgehead atoms. The van der Waals surface area contributed by atoms with Gasteiger partial charge in [-0.1, -0.05) is 18.3 Å². The van der Waals surface area contributed by atoms with Crippen molar-refractivity contribution < 1.29 is 4.79 Å². The highest BCUT2D eigenvalue weighted by molar-refractivity contribution is 7.17. The molecule has 1 N–H and O–H groups in total. The van der Waals surface area contributed by atoms with E-state index in [1.54, 1.807) is 17.4 Å². The molecule has 0 fully saturated rings. The number of anilines is 1. The quantitative estimate of drug-likeness (QED) is 0.745. The number of aromatic nitrogens is 4. The average Bonchev–Trinajstić information content (AvgIpc) is 3.12. The van der Waals surface area contributed by atoms with Gasteiger partial charge in [0.2, 0.25) is 11.0 Å². The number of carbonyl (C=O) groups is 1. The van der Waals surface area contributed by atoms with Gasteiger partial charge in [0.1, 0.15) is 5.01 Å². The van der Waals surface area contributed by atoms with Crippen LogP contribution in [0.4, 0.5) is 5.13 Å². The summed E-state index contributed by atoms with van der Waals surface area (Å²) in [5, 5.41) is 12.1. The lowest BCUT2D eigenvalue weighted by Crippen LogP contribution is -2.07. The Morgan fingerprint density at radius 2 is 2.18 bits per heavy atom. The van der Waals surface area contributed by atoms with Gasteiger partial charge >= 0.3 is 0 Å². The van der Waals surface area contributed by atoms with Crippen LogP contribution in [0.3, 0.4) is 0 Å². The van der Waals surface area contributed by atoms with Crippen LogP contribution in [0.25, 0.3) is 11.0 Å². The Labute approximate surface area is 135 Å². The summed E-state index contributed by atoms with van der Waals surface area (Å²) in [6.07, 6.45) is 6.11. The maximum atomic E-state index is 12.0. The molecule has 0 saturated heterocycles. The predicted octanol–water partition coefficient (Wildman–Crippen LogP) is 3.08. The zero-order chi connectivity index (χ0) is 15.7. The number of hydrogen-bond acceptors (Lipinski definition) is 6. The molecule has 3 aromatic heterocycles. The number of nitrogens with zero attached hydrogens (tertiary/aromatic N) is 4. The van der Waals surface area contributed by atoms with E-state index in [-0.39, 0.29) is 5.91 Å². The molecular weight excluding hydrogens is 318 g/mol. The van der Waals surface area contributed by atoms with Gasteiger partial charge in [-0.25, -0.2) is 4.98 Å². The minimum Gasteiger partial charge on any atom is -0.297 e. The second-order valence-corrected chi connectivity index (χ2v) is 7.03. The number of imidazole rings is 1. The molecule has 0 aromatic carbocycles. The summed E-state index contributed by atoms with van der Waals surface area (Å²) >= 11 is 3.02. The molecule has 22 heavy (non-hydrogen) atoms. The first-order valence-electron chi connectivity index (χ1n) is 6.83. The molecule has 1 amide bonds. The molecule has 0 saturated carbocycles. The molecule has 0 aliphatic heterocycles. The van der Waals surface area contributed by atoms with E-state index in [1.807, 2.05) is 31.4 Å². The lowest BCUT2D eigenvalue weighted by molar-refractivity contribution is -0.111. The highest BCUT2D eigenvalue weighted by Gasteiger charge is 2.09. The van der Waals surface area contributed by atoms with Gasteiger partial charge in [-0.15, -0.1) is 21.5 Å². The van der Waals surface area contributed by atoms with Crippen LogP contribution in [0.1, 0.15) is 28.2 Å². The van der Waals surface area contributed by atoms with Gasteiger partial charge in [0.15, 0.2) is 4.96 Å². The summed E-state index contributed by atoms with van der Waals surface area (Å²) in [5.74, 6) is -0.222. The Morgan fingerprint density at radius 1 is 1.36 bits per heavy atom. The van der Waals surface area contributed by atoms with Crippen molar-refractivity contribution in [2.24, 2.45) is 0 Å². The van der Waals surface area contributed by atoms with Gasteiger partial charge in [0.05, 0.1) is 11.4 Å². The Bertz CT molecular complexity index is 858. The number of nitrogens with one attached hydrogen (secondary N) is 1. The van der Waals surface area contributed by atoms with Gasteiger partial charge in [-0.05, 0) is 26.3 Å². The predicted molar refractivity (Wildman–Crippen MR) is 89.5 cm³/mol. The van der Waals surface area contributed by atoms with Crippen LogP contribution in [0.2, 0.25) is 0 Å². The Kier molecular flexibility index (Phi) is 4.04. The molecule has 0 radical (unpaired) electrons. The number of amides is 1. The first-order valence-corrected chi connectivity index (χ1v) is 8.46.